The molecule has 0 radical (unpaired) electrons. The van der Waals surface area contributed by atoms with Crippen LogP contribution < -0.4 is 9.47 Å². The van der Waals surface area contributed by atoms with Crippen molar-refractivity contribution in [1.29, 1.82) is 0 Å². The van der Waals surface area contributed by atoms with Crippen molar-refractivity contribution < 1.29 is 31.9 Å². The molecule has 26 heavy (non-hydrogen) atoms. The number of carbonyl (C=O) groups is 1. The van der Waals surface area contributed by atoms with Crippen LogP contribution in [0.2, 0.25) is 0 Å². The minimum Gasteiger partial charge on any atom is -0.490 e. The number of carbonyl (C=O) groups excluding carboxylic acids is 1. The summed E-state index contributed by atoms with van der Waals surface area (Å²) in [5, 5.41) is 0. The Hall–Kier alpha value is -2.71. The number of halogens is 3. The van der Waals surface area contributed by atoms with Gasteiger partial charge in [0.05, 0.1) is 0 Å². The molecule has 1 saturated heterocycles. The predicted octanol–water partition coefficient (Wildman–Crippen LogP) is 3.57. The summed E-state index contributed by atoms with van der Waals surface area (Å²) in [5.74, 6) is 0.182. The SMILES string of the molecule is Cc1nc(C(=O)N2CCC(Oc3cccc(OC(F)(F)F)c3)CC2)co1. The van der Waals surface area contributed by atoms with Gasteiger partial charge in [0.15, 0.2) is 11.6 Å². The fraction of sp³-hybridized carbons (Fsp3) is 0.412. The predicted molar refractivity (Wildman–Crippen MR) is 83.9 cm³/mol. The number of piperidine rings is 1. The number of likely N-dealkylation sites (tertiary alicyclic amines) is 1. The van der Waals surface area contributed by atoms with Crippen molar-refractivity contribution in [2.45, 2.75) is 32.2 Å². The van der Waals surface area contributed by atoms with Crippen LogP contribution >= 0.6 is 0 Å². The van der Waals surface area contributed by atoms with E-state index in [0.29, 0.717) is 37.6 Å². The van der Waals surface area contributed by atoms with Gasteiger partial charge in [-0.05, 0) is 12.1 Å². The number of alkyl halides is 3. The second-order valence-electron chi connectivity index (χ2n) is 5.88. The summed E-state index contributed by atoms with van der Waals surface area (Å²) in [4.78, 5) is 18.0. The van der Waals surface area contributed by atoms with E-state index in [4.69, 9.17) is 9.15 Å². The van der Waals surface area contributed by atoms with Crippen LogP contribution in [0.15, 0.2) is 34.9 Å². The second-order valence-corrected chi connectivity index (χ2v) is 5.88. The Balaban J connectivity index is 1.54. The standard InChI is InChI=1S/C17H17F3N2O4/c1-11-21-15(10-24-11)16(23)22-7-5-12(6-8-22)25-13-3-2-4-14(9-13)26-17(18,19)20/h2-4,9-10,12H,5-8H2,1H3. The van der Waals surface area contributed by atoms with Crippen LogP contribution in [0.25, 0.3) is 0 Å². The van der Waals surface area contributed by atoms with Gasteiger partial charge in [-0.2, -0.15) is 0 Å². The van der Waals surface area contributed by atoms with Crippen molar-refractivity contribution in [2.24, 2.45) is 0 Å². The van der Waals surface area contributed by atoms with Gasteiger partial charge in [-0.25, -0.2) is 4.98 Å². The minimum atomic E-state index is -4.75. The molecule has 0 saturated carbocycles. The zero-order chi connectivity index (χ0) is 18.7. The van der Waals surface area contributed by atoms with E-state index in [1.165, 1.54) is 24.5 Å². The number of ether oxygens (including phenoxy) is 2. The van der Waals surface area contributed by atoms with Gasteiger partial charge in [0, 0.05) is 38.9 Å². The molecular weight excluding hydrogens is 353 g/mol. The number of aryl methyl sites for hydroxylation is 1. The molecule has 6 nitrogen and oxygen atoms in total. The molecule has 1 aromatic heterocycles. The summed E-state index contributed by atoms with van der Waals surface area (Å²) in [6, 6.07) is 5.41. The normalized spacial score (nSPS) is 15.8. The molecule has 0 spiro atoms. The van der Waals surface area contributed by atoms with Crippen molar-refractivity contribution in [3.63, 3.8) is 0 Å². The topological polar surface area (TPSA) is 64.8 Å². The highest BCUT2D eigenvalue weighted by molar-refractivity contribution is 5.92. The average Bonchev–Trinajstić information content (AvgIpc) is 3.00. The van der Waals surface area contributed by atoms with Crippen molar-refractivity contribution >= 4 is 5.91 Å². The van der Waals surface area contributed by atoms with Crippen LogP contribution in [-0.4, -0.2) is 41.3 Å². The lowest BCUT2D eigenvalue weighted by Crippen LogP contribution is -2.41. The molecule has 2 heterocycles. The molecule has 1 aliphatic heterocycles. The maximum Gasteiger partial charge on any atom is 0.573 e. The highest BCUT2D eigenvalue weighted by Gasteiger charge is 2.31. The zero-order valence-corrected chi connectivity index (χ0v) is 14.0. The molecule has 0 aliphatic carbocycles. The van der Waals surface area contributed by atoms with Crippen LogP contribution in [0.5, 0.6) is 11.5 Å². The first kappa shape index (κ1) is 18.1. The molecule has 2 aromatic rings. The molecule has 3 rings (SSSR count). The quantitative estimate of drug-likeness (QED) is 0.823. The summed E-state index contributed by atoms with van der Waals surface area (Å²) in [6.07, 6.45) is -2.49. The van der Waals surface area contributed by atoms with E-state index in [1.54, 1.807) is 17.9 Å². The highest BCUT2D eigenvalue weighted by Crippen LogP contribution is 2.27. The molecule has 0 bridgehead atoms. The van der Waals surface area contributed by atoms with Crippen LogP contribution in [0.4, 0.5) is 13.2 Å². The third kappa shape index (κ3) is 4.68. The number of nitrogens with zero attached hydrogens (tertiary/aromatic N) is 2. The molecule has 1 aliphatic rings. The Labute approximate surface area is 147 Å². The minimum absolute atomic E-state index is 0.195. The molecule has 0 unspecified atom stereocenters. The Morgan fingerprint density at radius 2 is 1.96 bits per heavy atom. The monoisotopic (exact) mass is 370 g/mol. The first-order valence-electron chi connectivity index (χ1n) is 8.04. The largest absolute Gasteiger partial charge is 0.573 e. The zero-order valence-electron chi connectivity index (χ0n) is 14.0. The smallest absolute Gasteiger partial charge is 0.490 e. The first-order valence-corrected chi connectivity index (χ1v) is 8.04. The number of benzene rings is 1. The van der Waals surface area contributed by atoms with Gasteiger partial charge in [0.1, 0.15) is 23.9 Å². The summed E-state index contributed by atoms with van der Waals surface area (Å²) >= 11 is 0. The van der Waals surface area contributed by atoms with Gasteiger partial charge in [0.2, 0.25) is 0 Å². The van der Waals surface area contributed by atoms with Gasteiger partial charge in [-0.3, -0.25) is 4.79 Å². The Bertz CT molecular complexity index is 767. The fourth-order valence-corrected chi connectivity index (χ4v) is 2.74. The van der Waals surface area contributed by atoms with E-state index in [2.05, 4.69) is 9.72 Å². The molecular formula is C17H17F3N2O4. The Morgan fingerprint density at radius 1 is 1.27 bits per heavy atom. The number of rotatable bonds is 4. The fourth-order valence-electron chi connectivity index (χ4n) is 2.74. The highest BCUT2D eigenvalue weighted by atomic mass is 19.4. The molecule has 1 fully saturated rings. The molecule has 0 atom stereocenters. The first-order chi connectivity index (χ1) is 12.3. The lowest BCUT2D eigenvalue weighted by Gasteiger charge is -2.31. The number of aromatic nitrogens is 1. The van der Waals surface area contributed by atoms with E-state index in [0.717, 1.165) is 0 Å². The van der Waals surface area contributed by atoms with Crippen molar-refractivity contribution in [2.75, 3.05) is 13.1 Å². The number of amides is 1. The van der Waals surface area contributed by atoms with Crippen molar-refractivity contribution in [1.82, 2.24) is 9.88 Å². The van der Waals surface area contributed by atoms with Crippen LogP contribution in [-0.2, 0) is 0 Å². The lowest BCUT2D eigenvalue weighted by atomic mass is 10.1. The van der Waals surface area contributed by atoms with E-state index < -0.39 is 6.36 Å². The number of oxazole rings is 1. The van der Waals surface area contributed by atoms with Crippen LogP contribution in [0.1, 0.15) is 29.2 Å². The maximum absolute atomic E-state index is 12.3. The summed E-state index contributed by atoms with van der Waals surface area (Å²) in [7, 11) is 0. The third-order valence-electron chi connectivity index (χ3n) is 3.91. The molecule has 1 aromatic carbocycles. The van der Waals surface area contributed by atoms with E-state index in [1.807, 2.05) is 0 Å². The van der Waals surface area contributed by atoms with E-state index in [-0.39, 0.29) is 23.5 Å². The Kier molecular flexibility index (Phi) is 5.06. The maximum atomic E-state index is 12.3. The molecule has 140 valence electrons. The van der Waals surface area contributed by atoms with Crippen molar-refractivity contribution in [3.8, 4) is 11.5 Å². The van der Waals surface area contributed by atoms with Gasteiger partial charge in [0.25, 0.3) is 5.91 Å². The number of hydrogen-bond donors (Lipinski definition) is 0. The summed E-state index contributed by atoms with van der Waals surface area (Å²) in [5.41, 5.74) is 0.263. The van der Waals surface area contributed by atoms with E-state index in [9.17, 15) is 18.0 Å². The van der Waals surface area contributed by atoms with Crippen LogP contribution in [0, 0.1) is 6.92 Å². The lowest BCUT2D eigenvalue weighted by molar-refractivity contribution is -0.274. The second kappa shape index (κ2) is 7.27. The number of hydrogen-bond acceptors (Lipinski definition) is 5. The molecule has 1 amide bonds. The third-order valence-corrected chi connectivity index (χ3v) is 3.91. The van der Waals surface area contributed by atoms with Crippen molar-refractivity contribution in [3.05, 3.63) is 42.1 Å². The van der Waals surface area contributed by atoms with E-state index >= 15 is 0 Å². The summed E-state index contributed by atoms with van der Waals surface area (Å²) in [6.45, 7) is 2.59. The Morgan fingerprint density at radius 3 is 2.58 bits per heavy atom. The molecule has 9 heteroatoms. The average molecular weight is 370 g/mol. The van der Waals surface area contributed by atoms with Gasteiger partial charge in [-0.15, -0.1) is 13.2 Å². The van der Waals surface area contributed by atoms with Gasteiger partial charge >= 0.3 is 6.36 Å². The van der Waals surface area contributed by atoms with Crippen LogP contribution in [0.3, 0.4) is 0 Å². The summed E-state index contributed by atoms with van der Waals surface area (Å²) < 4.78 is 51.5. The van der Waals surface area contributed by atoms with Gasteiger partial charge < -0.3 is 18.8 Å². The molecule has 0 N–H and O–H groups in total. The van der Waals surface area contributed by atoms with Gasteiger partial charge in [-0.1, -0.05) is 6.07 Å².